The van der Waals surface area contributed by atoms with Crippen LogP contribution in [0.1, 0.15) is 30.2 Å². The molecule has 3 aromatic rings. The zero-order valence-corrected chi connectivity index (χ0v) is 13.2. The van der Waals surface area contributed by atoms with Crippen molar-refractivity contribution in [3.05, 3.63) is 69.7 Å². The van der Waals surface area contributed by atoms with Gasteiger partial charge in [-0.05, 0) is 35.7 Å². The lowest BCUT2D eigenvalue weighted by atomic mass is 9.99. The van der Waals surface area contributed by atoms with E-state index < -0.39 is 0 Å². The number of aromatic nitrogens is 2. The van der Waals surface area contributed by atoms with Crippen molar-refractivity contribution in [1.82, 2.24) is 10.2 Å². The first-order valence-corrected chi connectivity index (χ1v) is 7.68. The number of hydrogen-bond donors (Lipinski definition) is 1. The van der Waals surface area contributed by atoms with E-state index in [2.05, 4.69) is 29.6 Å². The fourth-order valence-corrected chi connectivity index (χ4v) is 3.08. The zero-order chi connectivity index (χ0) is 14.8. The standard InChI is InChI=1S/C17H15Cl2N2/c1-2-5-15-17-11(6-3-9-16(17)21-20-15)10-12-13(18)7-4-8-14(12)19/h3-9H,2,10H2,1H3,(H,20,21). The van der Waals surface area contributed by atoms with Crippen molar-refractivity contribution in [2.75, 3.05) is 0 Å². The van der Waals surface area contributed by atoms with E-state index in [0.29, 0.717) is 16.5 Å². The molecule has 0 fully saturated rings. The van der Waals surface area contributed by atoms with Crippen LogP contribution in [0.3, 0.4) is 0 Å². The van der Waals surface area contributed by atoms with Gasteiger partial charge in [-0.3, -0.25) is 5.10 Å². The second kappa shape index (κ2) is 6.08. The molecule has 1 heterocycles. The van der Waals surface area contributed by atoms with Crippen molar-refractivity contribution in [3.8, 4) is 0 Å². The zero-order valence-electron chi connectivity index (χ0n) is 11.7. The predicted molar refractivity (Wildman–Crippen MR) is 89.1 cm³/mol. The average Bonchev–Trinajstić information content (AvgIpc) is 2.88. The number of fused-ring (bicyclic) bond motifs is 1. The van der Waals surface area contributed by atoms with E-state index in [0.717, 1.165) is 28.6 Å². The van der Waals surface area contributed by atoms with Crippen LogP contribution in [0.15, 0.2) is 36.4 Å². The van der Waals surface area contributed by atoms with Crippen molar-refractivity contribution in [2.24, 2.45) is 0 Å². The molecule has 0 aliphatic rings. The Labute approximate surface area is 134 Å². The maximum absolute atomic E-state index is 6.29. The molecule has 1 N–H and O–H groups in total. The van der Waals surface area contributed by atoms with E-state index in [4.69, 9.17) is 23.2 Å². The van der Waals surface area contributed by atoms with Gasteiger partial charge in [0.1, 0.15) is 0 Å². The monoisotopic (exact) mass is 317 g/mol. The Balaban J connectivity index is 2.10. The molecular weight excluding hydrogens is 303 g/mol. The maximum Gasteiger partial charge on any atom is 0.0741 e. The minimum absolute atomic E-state index is 0.694. The van der Waals surface area contributed by atoms with Gasteiger partial charge in [0.25, 0.3) is 0 Å². The lowest BCUT2D eigenvalue weighted by molar-refractivity contribution is 1.02. The Kier molecular flexibility index (Phi) is 4.18. The lowest BCUT2D eigenvalue weighted by Crippen LogP contribution is -1.93. The molecule has 0 aliphatic carbocycles. The van der Waals surface area contributed by atoms with E-state index in [1.54, 1.807) is 0 Å². The molecule has 107 valence electrons. The van der Waals surface area contributed by atoms with Crippen LogP contribution in [-0.4, -0.2) is 10.2 Å². The summed E-state index contributed by atoms with van der Waals surface area (Å²) >= 11 is 12.6. The van der Waals surface area contributed by atoms with Crippen molar-refractivity contribution < 1.29 is 0 Å². The third-order valence-corrected chi connectivity index (χ3v) is 4.24. The summed E-state index contributed by atoms with van der Waals surface area (Å²) in [6.07, 6.45) is 3.76. The highest BCUT2D eigenvalue weighted by molar-refractivity contribution is 6.36. The number of nitrogens with zero attached hydrogens (tertiary/aromatic N) is 1. The van der Waals surface area contributed by atoms with Crippen molar-refractivity contribution in [3.63, 3.8) is 0 Å². The van der Waals surface area contributed by atoms with Crippen LogP contribution in [0.4, 0.5) is 0 Å². The normalized spacial score (nSPS) is 11.2. The summed E-state index contributed by atoms with van der Waals surface area (Å²) in [5, 5.41) is 10.0. The van der Waals surface area contributed by atoms with E-state index in [1.165, 1.54) is 5.56 Å². The first kappa shape index (κ1) is 14.4. The molecule has 0 unspecified atom stereocenters. The maximum atomic E-state index is 6.29. The molecule has 2 nitrogen and oxygen atoms in total. The molecule has 0 spiro atoms. The fourth-order valence-electron chi connectivity index (χ4n) is 2.55. The number of benzene rings is 2. The molecule has 1 radical (unpaired) electrons. The van der Waals surface area contributed by atoms with Crippen LogP contribution in [0.2, 0.25) is 10.0 Å². The summed E-state index contributed by atoms with van der Waals surface area (Å²) in [7, 11) is 0. The van der Waals surface area contributed by atoms with E-state index in [-0.39, 0.29) is 0 Å². The summed E-state index contributed by atoms with van der Waals surface area (Å²) in [5.74, 6) is 0. The van der Waals surface area contributed by atoms with Gasteiger partial charge in [-0.25, -0.2) is 0 Å². The predicted octanol–water partition coefficient (Wildman–Crippen LogP) is 5.42. The van der Waals surface area contributed by atoms with Crippen LogP contribution in [0.5, 0.6) is 0 Å². The molecule has 3 rings (SSSR count). The molecule has 1 aromatic heterocycles. The molecule has 0 bridgehead atoms. The molecular formula is C17H15Cl2N2. The molecule has 0 amide bonds. The third-order valence-electron chi connectivity index (χ3n) is 3.53. The Bertz CT molecular complexity index is 757. The number of halogens is 2. The smallest absolute Gasteiger partial charge is 0.0741 e. The second-order valence-electron chi connectivity index (χ2n) is 4.94. The minimum atomic E-state index is 0.694. The number of aromatic amines is 1. The van der Waals surface area contributed by atoms with Crippen LogP contribution < -0.4 is 0 Å². The molecule has 0 saturated heterocycles. The number of hydrogen-bond acceptors (Lipinski definition) is 1. The summed E-state index contributed by atoms with van der Waals surface area (Å²) in [6, 6.07) is 11.8. The van der Waals surface area contributed by atoms with Gasteiger partial charge >= 0.3 is 0 Å². The van der Waals surface area contributed by atoms with Gasteiger partial charge < -0.3 is 0 Å². The highest BCUT2D eigenvalue weighted by Crippen LogP contribution is 2.30. The van der Waals surface area contributed by atoms with Crippen LogP contribution in [0, 0.1) is 6.42 Å². The fraction of sp³-hybridized carbons (Fsp3) is 0.176. The first-order valence-electron chi connectivity index (χ1n) is 6.92. The molecule has 0 aliphatic heterocycles. The van der Waals surface area contributed by atoms with Crippen molar-refractivity contribution >= 4 is 34.1 Å². The van der Waals surface area contributed by atoms with Gasteiger partial charge in [0.15, 0.2) is 0 Å². The number of rotatable bonds is 4. The Morgan fingerprint density at radius 1 is 1.10 bits per heavy atom. The number of H-pyrrole nitrogens is 1. The lowest BCUT2D eigenvalue weighted by Gasteiger charge is -2.09. The average molecular weight is 318 g/mol. The molecule has 4 heteroatoms. The van der Waals surface area contributed by atoms with Crippen molar-refractivity contribution in [1.29, 1.82) is 0 Å². The highest BCUT2D eigenvalue weighted by atomic mass is 35.5. The largest absolute Gasteiger partial charge is 0.278 e. The Morgan fingerprint density at radius 3 is 2.52 bits per heavy atom. The molecule has 2 aromatic carbocycles. The van der Waals surface area contributed by atoms with E-state index >= 15 is 0 Å². The minimum Gasteiger partial charge on any atom is -0.278 e. The van der Waals surface area contributed by atoms with Gasteiger partial charge in [-0.15, -0.1) is 0 Å². The Hall–Kier alpha value is -1.51. The molecule has 0 atom stereocenters. The Morgan fingerprint density at radius 2 is 1.81 bits per heavy atom. The van der Waals surface area contributed by atoms with Gasteiger partial charge in [-0.1, -0.05) is 48.3 Å². The molecule has 21 heavy (non-hydrogen) atoms. The summed E-state index contributed by atoms with van der Waals surface area (Å²) < 4.78 is 0. The molecule has 0 saturated carbocycles. The summed E-state index contributed by atoms with van der Waals surface area (Å²) in [4.78, 5) is 0. The summed E-state index contributed by atoms with van der Waals surface area (Å²) in [6.45, 7) is 2.11. The van der Waals surface area contributed by atoms with Gasteiger partial charge in [-0.2, -0.15) is 5.10 Å². The van der Waals surface area contributed by atoms with Crippen LogP contribution in [0.25, 0.3) is 10.9 Å². The van der Waals surface area contributed by atoms with Crippen LogP contribution >= 0.6 is 23.2 Å². The van der Waals surface area contributed by atoms with Crippen LogP contribution in [-0.2, 0) is 6.42 Å². The number of nitrogens with one attached hydrogen (secondary N) is 1. The van der Waals surface area contributed by atoms with E-state index in [9.17, 15) is 0 Å². The van der Waals surface area contributed by atoms with Crippen molar-refractivity contribution in [2.45, 2.75) is 19.8 Å². The highest BCUT2D eigenvalue weighted by Gasteiger charge is 2.13. The SMILES string of the molecule is CC[CH]c1n[nH]c2cccc(Cc3c(Cl)cccc3Cl)c12. The second-order valence-corrected chi connectivity index (χ2v) is 5.75. The van der Waals surface area contributed by atoms with Gasteiger partial charge in [0, 0.05) is 28.3 Å². The quantitative estimate of drug-likeness (QED) is 0.683. The van der Waals surface area contributed by atoms with E-state index in [1.807, 2.05) is 30.3 Å². The van der Waals surface area contributed by atoms with Gasteiger partial charge in [0.2, 0.25) is 0 Å². The first-order chi connectivity index (χ1) is 10.2. The van der Waals surface area contributed by atoms with Gasteiger partial charge in [0.05, 0.1) is 11.2 Å². The summed E-state index contributed by atoms with van der Waals surface area (Å²) in [5.41, 5.74) is 4.16. The topological polar surface area (TPSA) is 28.7 Å². The third kappa shape index (κ3) is 2.78.